The highest BCUT2D eigenvalue weighted by atomic mass is 16.7. The van der Waals surface area contributed by atoms with E-state index in [9.17, 15) is 0 Å². The number of hydrogen-bond acceptors (Lipinski definition) is 2. The molecule has 25 heavy (non-hydrogen) atoms. The largest absolute Gasteiger partial charge is 0.353 e. The van der Waals surface area contributed by atoms with Crippen LogP contribution in [0.3, 0.4) is 0 Å². The van der Waals surface area contributed by atoms with E-state index >= 15 is 0 Å². The minimum atomic E-state index is 0.0706. The zero-order chi connectivity index (χ0) is 17.8. The van der Waals surface area contributed by atoms with Crippen molar-refractivity contribution < 1.29 is 9.47 Å². The van der Waals surface area contributed by atoms with E-state index in [2.05, 4.69) is 35.5 Å². The first-order valence-corrected chi connectivity index (χ1v) is 10.0. The quantitative estimate of drug-likeness (QED) is 0.409. The van der Waals surface area contributed by atoms with Gasteiger partial charge in [-0.05, 0) is 32.1 Å². The van der Waals surface area contributed by atoms with Crippen LogP contribution in [0.2, 0.25) is 0 Å². The van der Waals surface area contributed by atoms with E-state index in [-0.39, 0.29) is 6.29 Å². The fraction of sp³-hybridized carbons (Fsp3) is 0.739. The molecule has 1 atom stereocenters. The molecule has 0 saturated carbocycles. The maximum atomic E-state index is 5.74. The van der Waals surface area contributed by atoms with Crippen LogP contribution in [0.1, 0.15) is 90.4 Å². The molecule has 1 rings (SSSR count). The third kappa shape index (κ3) is 14.6. The van der Waals surface area contributed by atoms with E-state index in [4.69, 9.17) is 9.47 Å². The summed E-state index contributed by atoms with van der Waals surface area (Å²) in [6.45, 7) is 3.77. The van der Waals surface area contributed by atoms with E-state index in [0.29, 0.717) is 12.8 Å². The topological polar surface area (TPSA) is 18.5 Å². The summed E-state index contributed by atoms with van der Waals surface area (Å²) in [5, 5.41) is 0. The third-order valence-corrected chi connectivity index (χ3v) is 4.04. The lowest BCUT2D eigenvalue weighted by Crippen LogP contribution is -2.22. The van der Waals surface area contributed by atoms with Crippen LogP contribution in [0.15, 0.2) is 0 Å². The monoisotopic (exact) mass is 342 g/mol. The normalized spacial score (nSPS) is 16.0. The maximum Gasteiger partial charge on any atom is 0.157 e. The molecule has 0 radical (unpaired) electrons. The molecule has 0 aromatic heterocycles. The lowest BCUT2D eigenvalue weighted by molar-refractivity contribution is -0.162. The van der Waals surface area contributed by atoms with Gasteiger partial charge in [-0.3, -0.25) is 0 Å². The summed E-state index contributed by atoms with van der Waals surface area (Å²) in [4.78, 5) is 0. The van der Waals surface area contributed by atoms with Gasteiger partial charge in [0.2, 0.25) is 0 Å². The Hall–Kier alpha value is -1.40. The SMILES string of the molecule is CCC#CCC#CCC#CCCCCCCCCOC1CCCCO1. The smallest absolute Gasteiger partial charge is 0.157 e. The molecule has 1 unspecified atom stereocenters. The van der Waals surface area contributed by atoms with Crippen molar-refractivity contribution >= 4 is 0 Å². The molecule has 0 aromatic carbocycles. The van der Waals surface area contributed by atoms with E-state index in [1.807, 2.05) is 6.92 Å². The molecule has 0 amide bonds. The molecule has 0 N–H and O–H groups in total. The number of unbranched alkanes of at least 4 members (excludes halogenated alkanes) is 6. The fourth-order valence-electron chi connectivity index (χ4n) is 2.63. The lowest BCUT2D eigenvalue weighted by atomic mass is 10.1. The first-order chi connectivity index (χ1) is 12.4. The highest BCUT2D eigenvalue weighted by Gasteiger charge is 2.13. The molecule has 1 fully saturated rings. The van der Waals surface area contributed by atoms with E-state index in [1.54, 1.807) is 0 Å². The molecular formula is C23H34O2. The van der Waals surface area contributed by atoms with Crippen molar-refractivity contribution in [1.82, 2.24) is 0 Å². The predicted molar refractivity (Wildman–Crippen MR) is 105 cm³/mol. The van der Waals surface area contributed by atoms with Gasteiger partial charge in [0.05, 0.1) is 12.8 Å². The van der Waals surface area contributed by atoms with Crippen molar-refractivity contribution in [2.45, 2.75) is 96.7 Å². The Labute approximate surface area is 155 Å². The molecule has 1 heterocycles. The van der Waals surface area contributed by atoms with Crippen LogP contribution in [-0.4, -0.2) is 19.5 Å². The zero-order valence-electron chi connectivity index (χ0n) is 16.0. The average molecular weight is 343 g/mol. The van der Waals surface area contributed by atoms with Crippen LogP contribution in [0, 0.1) is 35.5 Å². The standard InChI is InChI=1S/C23H34O2/c1-2-3-4-5-6-7-8-9-10-11-12-13-14-15-16-18-21-24-23-20-17-19-22-25-23/h23H,2,5,8,11-22H2,1H3. The van der Waals surface area contributed by atoms with Crippen molar-refractivity contribution in [2.24, 2.45) is 0 Å². The summed E-state index contributed by atoms with van der Waals surface area (Å²) >= 11 is 0. The summed E-state index contributed by atoms with van der Waals surface area (Å²) in [5.41, 5.74) is 0. The van der Waals surface area contributed by atoms with Gasteiger partial charge in [-0.15, -0.1) is 11.8 Å². The van der Waals surface area contributed by atoms with E-state index in [1.165, 1.54) is 44.9 Å². The lowest BCUT2D eigenvalue weighted by Gasteiger charge is -2.22. The molecule has 2 heteroatoms. The van der Waals surface area contributed by atoms with Crippen molar-refractivity contribution in [2.75, 3.05) is 13.2 Å². The van der Waals surface area contributed by atoms with Crippen molar-refractivity contribution in [3.63, 3.8) is 0 Å². The van der Waals surface area contributed by atoms with Gasteiger partial charge in [-0.2, -0.15) is 0 Å². The van der Waals surface area contributed by atoms with Gasteiger partial charge in [0.15, 0.2) is 6.29 Å². The van der Waals surface area contributed by atoms with Crippen LogP contribution in [0.4, 0.5) is 0 Å². The minimum absolute atomic E-state index is 0.0706. The van der Waals surface area contributed by atoms with Gasteiger partial charge in [0, 0.05) is 26.1 Å². The molecule has 1 saturated heterocycles. The van der Waals surface area contributed by atoms with Gasteiger partial charge >= 0.3 is 0 Å². The summed E-state index contributed by atoms with van der Waals surface area (Å²) in [6, 6.07) is 0. The molecule has 138 valence electrons. The second-order valence-electron chi connectivity index (χ2n) is 6.31. The van der Waals surface area contributed by atoms with Crippen LogP contribution in [-0.2, 0) is 9.47 Å². The average Bonchev–Trinajstić information content (AvgIpc) is 2.65. The molecule has 2 nitrogen and oxygen atoms in total. The van der Waals surface area contributed by atoms with Gasteiger partial charge < -0.3 is 9.47 Å². The molecule has 1 aliphatic rings. The van der Waals surface area contributed by atoms with Crippen molar-refractivity contribution in [3.8, 4) is 35.5 Å². The minimum Gasteiger partial charge on any atom is -0.353 e. The summed E-state index contributed by atoms with van der Waals surface area (Å²) in [6.07, 6.45) is 14.3. The highest BCUT2D eigenvalue weighted by molar-refractivity contribution is 5.15. The number of rotatable bonds is 9. The van der Waals surface area contributed by atoms with E-state index in [0.717, 1.165) is 38.9 Å². The first kappa shape index (κ1) is 21.6. The maximum absolute atomic E-state index is 5.74. The molecule has 0 spiro atoms. The summed E-state index contributed by atoms with van der Waals surface area (Å²) in [7, 11) is 0. The van der Waals surface area contributed by atoms with Gasteiger partial charge in [0.1, 0.15) is 0 Å². The Morgan fingerprint density at radius 3 is 2.20 bits per heavy atom. The fourth-order valence-corrected chi connectivity index (χ4v) is 2.63. The Kier molecular flexibility index (Phi) is 15.1. The molecule has 1 aliphatic heterocycles. The van der Waals surface area contributed by atoms with Gasteiger partial charge in [-0.25, -0.2) is 0 Å². The van der Waals surface area contributed by atoms with Gasteiger partial charge in [0.25, 0.3) is 0 Å². The second-order valence-corrected chi connectivity index (χ2v) is 6.31. The Morgan fingerprint density at radius 1 is 0.800 bits per heavy atom. The Bertz CT molecular complexity index is 483. The van der Waals surface area contributed by atoms with Crippen LogP contribution in [0.5, 0.6) is 0 Å². The summed E-state index contributed by atoms with van der Waals surface area (Å²) in [5.74, 6) is 18.4. The van der Waals surface area contributed by atoms with Crippen LogP contribution >= 0.6 is 0 Å². The molecule has 0 bridgehead atoms. The number of ether oxygens (including phenoxy) is 2. The predicted octanol–water partition coefficient (Wildman–Crippen LogP) is 5.46. The van der Waals surface area contributed by atoms with Crippen LogP contribution < -0.4 is 0 Å². The second kappa shape index (κ2) is 17.4. The van der Waals surface area contributed by atoms with Crippen molar-refractivity contribution in [3.05, 3.63) is 0 Å². The summed E-state index contributed by atoms with van der Waals surface area (Å²) < 4.78 is 11.3. The molecular weight excluding hydrogens is 308 g/mol. The van der Waals surface area contributed by atoms with Crippen molar-refractivity contribution in [1.29, 1.82) is 0 Å². The zero-order valence-corrected chi connectivity index (χ0v) is 16.0. The Balaban J connectivity index is 1.80. The Morgan fingerprint density at radius 2 is 1.48 bits per heavy atom. The highest BCUT2D eigenvalue weighted by Crippen LogP contribution is 2.14. The first-order valence-electron chi connectivity index (χ1n) is 10.0. The van der Waals surface area contributed by atoms with Gasteiger partial charge in [-0.1, -0.05) is 56.3 Å². The number of hydrogen-bond donors (Lipinski definition) is 0. The van der Waals surface area contributed by atoms with E-state index < -0.39 is 0 Å². The molecule has 0 aliphatic carbocycles. The molecule has 0 aromatic rings. The third-order valence-electron chi connectivity index (χ3n) is 4.04. The van der Waals surface area contributed by atoms with Crippen LogP contribution in [0.25, 0.3) is 0 Å².